The highest BCUT2D eigenvalue weighted by atomic mass is 32.2. The molecule has 0 radical (unpaired) electrons. The number of halogens is 1. The lowest BCUT2D eigenvalue weighted by Gasteiger charge is -2.13. The van der Waals surface area contributed by atoms with Crippen LogP contribution in [0.1, 0.15) is 6.92 Å². The molecule has 0 amide bonds. The summed E-state index contributed by atoms with van der Waals surface area (Å²) in [5.41, 5.74) is 5.91. The van der Waals surface area contributed by atoms with E-state index in [2.05, 4.69) is 4.72 Å². The maximum atomic E-state index is 13.7. The molecule has 2 aromatic rings. The van der Waals surface area contributed by atoms with Crippen LogP contribution in [0.4, 0.5) is 15.8 Å². The van der Waals surface area contributed by atoms with E-state index < -0.39 is 20.7 Å². The highest BCUT2D eigenvalue weighted by molar-refractivity contribution is 7.92. The molecular weight excluding hydrogens is 295 g/mol. The second kappa shape index (κ2) is 6.01. The molecule has 0 aliphatic rings. The van der Waals surface area contributed by atoms with Crippen LogP contribution in [-0.2, 0) is 10.0 Å². The van der Waals surface area contributed by atoms with E-state index in [9.17, 15) is 12.8 Å². The number of ether oxygens (including phenoxy) is 1. The standard InChI is InChI=1S/C14H15FN2O3S/c1-2-20-13-6-4-3-5-12(13)17-21(18,19)14-9-10(16)7-8-11(14)15/h3-9,17H,2,16H2,1H3. The van der Waals surface area contributed by atoms with Crippen LogP contribution in [0.15, 0.2) is 47.4 Å². The molecule has 2 rings (SSSR count). The summed E-state index contributed by atoms with van der Waals surface area (Å²) >= 11 is 0. The molecule has 0 bridgehead atoms. The summed E-state index contributed by atoms with van der Waals surface area (Å²) in [5.74, 6) is -0.501. The number of para-hydroxylation sites is 2. The number of nitrogens with two attached hydrogens (primary N) is 1. The molecule has 7 heteroatoms. The van der Waals surface area contributed by atoms with Crippen LogP contribution in [0.2, 0.25) is 0 Å². The number of sulfonamides is 1. The number of nitrogens with one attached hydrogen (secondary N) is 1. The number of benzene rings is 2. The average Bonchev–Trinajstić information content (AvgIpc) is 2.43. The Balaban J connectivity index is 2.40. The average molecular weight is 310 g/mol. The number of hydrogen-bond donors (Lipinski definition) is 2. The molecule has 0 atom stereocenters. The van der Waals surface area contributed by atoms with Gasteiger partial charge in [-0.3, -0.25) is 4.72 Å². The van der Waals surface area contributed by atoms with Gasteiger partial charge in [0.1, 0.15) is 16.5 Å². The van der Waals surface area contributed by atoms with Crippen molar-refractivity contribution in [1.29, 1.82) is 0 Å². The minimum Gasteiger partial charge on any atom is -0.492 e. The summed E-state index contributed by atoms with van der Waals surface area (Å²) in [5, 5.41) is 0. The van der Waals surface area contributed by atoms with Gasteiger partial charge in [0.15, 0.2) is 0 Å². The molecular formula is C14H15FN2O3S. The van der Waals surface area contributed by atoms with E-state index >= 15 is 0 Å². The third-order valence-corrected chi connectivity index (χ3v) is 4.06. The van der Waals surface area contributed by atoms with Gasteiger partial charge in [0.05, 0.1) is 12.3 Å². The van der Waals surface area contributed by atoms with Gasteiger partial charge in [-0.1, -0.05) is 12.1 Å². The summed E-state index contributed by atoms with van der Waals surface area (Å²) in [6.45, 7) is 2.16. The highest BCUT2D eigenvalue weighted by Gasteiger charge is 2.21. The van der Waals surface area contributed by atoms with Gasteiger partial charge in [0, 0.05) is 5.69 Å². The molecule has 0 aliphatic heterocycles. The molecule has 0 fully saturated rings. The summed E-state index contributed by atoms with van der Waals surface area (Å²) in [6, 6.07) is 9.89. The van der Waals surface area contributed by atoms with Crippen LogP contribution in [-0.4, -0.2) is 15.0 Å². The molecule has 112 valence electrons. The molecule has 0 aromatic heterocycles. The zero-order valence-corrected chi connectivity index (χ0v) is 12.2. The Kier molecular flexibility index (Phi) is 4.32. The summed E-state index contributed by atoms with van der Waals surface area (Å²) in [4.78, 5) is -0.506. The molecule has 0 spiro atoms. The Morgan fingerprint density at radius 2 is 1.95 bits per heavy atom. The van der Waals surface area contributed by atoms with E-state index in [0.717, 1.165) is 12.1 Å². The molecule has 0 aliphatic carbocycles. The lowest BCUT2D eigenvalue weighted by molar-refractivity contribution is 0.342. The predicted octanol–water partition coefficient (Wildman–Crippen LogP) is 2.61. The van der Waals surface area contributed by atoms with Crippen molar-refractivity contribution in [1.82, 2.24) is 0 Å². The third-order valence-electron chi connectivity index (χ3n) is 2.68. The fourth-order valence-electron chi connectivity index (χ4n) is 1.76. The van der Waals surface area contributed by atoms with Crippen molar-refractivity contribution in [3.8, 4) is 5.75 Å². The van der Waals surface area contributed by atoms with Crippen molar-refractivity contribution >= 4 is 21.4 Å². The van der Waals surface area contributed by atoms with E-state index in [4.69, 9.17) is 10.5 Å². The van der Waals surface area contributed by atoms with Crippen LogP contribution in [0.25, 0.3) is 0 Å². The minimum absolute atomic E-state index is 0.162. The zero-order chi connectivity index (χ0) is 15.5. The molecule has 5 nitrogen and oxygen atoms in total. The van der Waals surface area contributed by atoms with Gasteiger partial charge >= 0.3 is 0 Å². The fourth-order valence-corrected chi connectivity index (χ4v) is 2.94. The third kappa shape index (κ3) is 3.43. The Hall–Kier alpha value is -2.28. The topological polar surface area (TPSA) is 81.4 Å². The van der Waals surface area contributed by atoms with E-state index in [0.29, 0.717) is 12.4 Å². The fraction of sp³-hybridized carbons (Fsp3) is 0.143. The molecule has 3 N–H and O–H groups in total. The molecule has 0 saturated heterocycles. The molecule has 0 heterocycles. The number of rotatable bonds is 5. The van der Waals surface area contributed by atoms with Gasteiger partial charge < -0.3 is 10.5 Å². The number of anilines is 2. The molecule has 2 aromatic carbocycles. The van der Waals surface area contributed by atoms with E-state index in [1.165, 1.54) is 12.1 Å². The second-order valence-corrected chi connectivity index (χ2v) is 5.88. The Morgan fingerprint density at radius 3 is 2.67 bits per heavy atom. The first-order chi connectivity index (χ1) is 9.94. The van der Waals surface area contributed by atoms with Crippen LogP contribution < -0.4 is 15.2 Å². The van der Waals surface area contributed by atoms with Crippen LogP contribution in [0.3, 0.4) is 0 Å². The summed E-state index contributed by atoms with van der Waals surface area (Å²) in [6.07, 6.45) is 0. The van der Waals surface area contributed by atoms with Crippen molar-refractivity contribution < 1.29 is 17.5 Å². The summed E-state index contributed by atoms with van der Waals surface area (Å²) < 4.78 is 45.9. The van der Waals surface area contributed by atoms with Gasteiger partial charge in [-0.2, -0.15) is 0 Å². The highest BCUT2D eigenvalue weighted by Crippen LogP contribution is 2.27. The lowest BCUT2D eigenvalue weighted by Crippen LogP contribution is -2.15. The Bertz CT molecular complexity index is 748. The smallest absolute Gasteiger partial charge is 0.265 e. The van der Waals surface area contributed by atoms with E-state index in [1.807, 2.05) is 0 Å². The van der Waals surface area contributed by atoms with Crippen LogP contribution in [0, 0.1) is 5.82 Å². The lowest BCUT2D eigenvalue weighted by atomic mass is 10.3. The Labute approximate surface area is 122 Å². The van der Waals surface area contributed by atoms with Gasteiger partial charge in [0.25, 0.3) is 10.0 Å². The number of hydrogen-bond acceptors (Lipinski definition) is 4. The van der Waals surface area contributed by atoms with Gasteiger partial charge in [0.2, 0.25) is 0 Å². The molecule has 0 unspecified atom stereocenters. The molecule has 0 saturated carbocycles. The Morgan fingerprint density at radius 1 is 1.24 bits per heavy atom. The normalized spacial score (nSPS) is 11.1. The van der Waals surface area contributed by atoms with Crippen molar-refractivity contribution in [3.63, 3.8) is 0 Å². The minimum atomic E-state index is -4.09. The van der Waals surface area contributed by atoms with Crippen molar-refractivity contribution in [3.05, 3.63) is 48.3 Å². The zero-order valence-electron chi connectivity index (χ0n) is 11.3. The van der Waals surface area contributed by atoms with Crippen molar-refractivity contribution in [2.45, 2.75) is 11.8 Å². The summed E-state index contributed by atoms with van der Waals surface area (Å²) in [7, 11) is -4.09. The monoisotopic (exact) mass is 310 g/mol. The van der Waals surface area contributed by atoms with Crippen molar-refractivity contribution in [2.75, 3.05) is 17.1 Å². The van der Waals surface area contributed by atoms with Gasteiger partial charge in [-0.25, -0.2) is 12.8 Å². The molecule has 21 heavy (non-hydrogen) atoms. The first kappa shape index (κ1) is 15.1. The van der Waals surface area contributed by atoms with Crippen LogP contribution >= 0.6 is 0 Å². The maximum Gasteiger partial charge on any atom is 0.265 e. The SMILES string of the molecule is CCOc1ccccc1NS(=O)(=O)c1cc(N)ccc1F. The van der Waals surface area contributed by atoms with Crippen molar-refractivity contribution in [2.24, 2.45) is 0 Å². The van der Waals surface area contributed by atoms with Gasteiger partial charge in [-0.05, 0) is 37.3 Å². The largest absolute Gasteiger partial charge is 0.492 e. The van der Waals surface area contributed by atoms with Crippen LogP contribution in [0.5, 0.6) is 5.75 Å². The number of nitrogen functional groups attached to an aromatic ring is 1. The van der Waals surface area contributed by atoms with Gasteiger partial charge in [-0.15, -0.1) is 0 Å². The first-order valence-corrected chi connectivity index (χ1v) is 7.72. The predicted molar refractivity (Wildman–Crippen MR) is 79.2 cm³/mol. The maximum absolute atomic E-state index is 13.7. The second-order valence-electron chi connectivity index (χ2n) is 4.22. The first-order valence-electron chi connectivity index (χ1n) is 6.23. The quantitative estimate of drug-likeness (QED) is 0.832. The van der Waals surface area contributed by atoms with E-state index in [1.54, 1.807) is 25.1 Å². The van der Waals surface area contributed by atoms with E-state index in [-0.39, 0.29) is 11.4 Å².